The molecule has 3 aromatic rings. The Hall–Kier alpha value is -2.18. The molecule has 24 heavy (non-hydrogen) atoms. The van der Waals surface area contributed by atoms with E-state index >= 15 is 0 Å². The normalized spacial score (nSPS) is 11.0. The molecule has 3 rings (SSSR count). The summed E-state index contributed by atoms with van der Waals surface area (Å²) < 4.78 is 30.2. The maximum atomic E-state index is 12.5. The van der Waals surface area contributed by atoms with Gasteiger partial charge in [-0.2, -0.15) is 8.78 Å². The number of fused-ring (bicyclic) bond motifs is 1. The predicted octanol–water partition coefficient (Wildman–Crippen LogP) is 5.72. The minimum absolute atomic E-state index is 0.103. The summed E-state index contributed by atoms with van der Waals surface area (Å²) >= 11 is 7.60. The number of anilines is 1. The number of nitrogens with one attached hydrogen (secondary N) is 1. The molecular weight excluding hydrogens is 356 g/mol. The van der Waals surface area contributed by atoms with E-state index in [-0.39, 0.29) is 11.4 Å². The van der Waals surface area contributed by atoms with Crippen LogP contribution in [0, 0.1) is 6.92 Å². The molecule has 0 atom stereocenters. The summed E-state index contributed by atoms with van der Waals surface area (Å²) in [6.45, 7) is -1.06. The number of amides is 1. The number of hydrogen-bond acceptors (Lipinski definition) is 3. The maximum Gasteiger partial charge on any atom is 0.387 e. The lowest BCUT2D eigenvalue weighted by molar-refractivity contribution is -0.0493. The van der Waals surface area contributed by atoms with Crippen molar-refractivity contribution in [3.05, 3.63) is 57.9 Å². The first-order chi connectivity index (χ1) is 11.5. The summed E-state index contributed by atoms with van der Waals surface area (Å²) in [5, 5.41) is 3.77. The van der Waals surface area contributed by atoms with Crippen LogP contribution in [0.1, 0.15) is 15.2 Å². The zero-order valence-electron chi connectivity index (χ0n) is 12.5. The summed E-state index contributed by atoms with van der Waals surface area (Å²) in [7, 11) is 0. The molecule has 3 nitrogen and oxygen atoms in total. The molecule has 0 aliphatic carbocycles. The number of alkyl halides is 2. The first kappa shape index (κ1) is 16.7. The number of rotatable bonds is 4. The molecule has 0 spiro atoms. The highest BCUT2D eigenvalue weighted by Crippen LogP contribution is 2.38. The second-order valence-corrected chi connectivity index (χ2v) is 6.45. The molecule has 1 heterocycles. The Balaban J connectivity index is 1.94. The number of benzene rings is 2. The SMILES string of the molecule is Cc1cccc2sc(C(=O)Nc3ccccc3OC(F)F)c(Cl)c12. The summed E-state index contributed by atoms with van der Waals surface area (Å²) in [4.78, 5) is 12.9. The van der Waals surface area contributed by atoms with Gasteiger partial charge in [-0.05, 0) is 30.7 Å². The number of para-hydroxylation sites is 2. The first-order valence-corrected chi connectivity index (χ1v) is 8.19. The van der Waals surface area contributed by atoms with Gasteiger partial charge in [0.1, 0.15) is 10.6 Å². The molecule has 0 saturated heterocycles. The lowest BCUT2D eigenvalue weighted by Crippen LogP contribution is -2.13. The third-order valence-corrected chi connectivity index (χ3v) is 5.07. The molecular formula is C17H12ClF2NO2S. The third kappa shape index (κ3) is 3.20. The van der Waals surface area contributed by atoms with Gasteiger partial charge in [-0.1, -0.05) is 35.9 Å². The molecule has 0 unspecified atom stereocenters. The van der Waals surface area contributed by atoms with Crippen molar-refractivity contribution < 1.29 is 18.3 Å². The van der Waals surface area contributed by atoms with Gasteiger partial charge in [-0.3, -0.25) is 4.79 Å². The topological polar surface area (TPSA) is 38.3 Å². The van der Waals surface area contributed by atoms with Crippen molar-refractivity contribution in [1.82, 2.24) is 0 Å². The molecule has 1 N–H and O–H groups in total. The van der Waals surface area contributed by atoms with E-state index in [0.29, 0.717) is 9.90 Å². The second kappa shape index (κ2) is 6.75. The van der Waals surface area contributed by atoms with Crippen molar-refractivity contribution in [2.24, 2.45) is 0 Å². The van der Waals surface area contributed by atoms with E-state index < -0.39 is 12.5 Å². The Morgan fingerprint density at radius 3 is 2.67 bits per heavy atom. The Kier molecular flexibility index (Phi) is 4.69. The van der Waals surface area contributed by atoms with Gasteiger partial charge in [0, 0.05) is 10.1 Å². The van der Waals surface area contributed by atoms with Crippen LogP contribution in [-0.2, 0) is 0 Å². The molecule has 0 aliphatic heterocycles. The van der Waals surface area contributed by atoms with Gasteiger partial charge in [-0.15, -0.1) is 11.3 Å². The number of ether oxygens (including phenoxy) is 1. The maximum absolute atomic E-state index is 12.5. The Morgan fingerprint density at radius 1 is 1.21 bits per heavy atom. The van der Waals surface area contributed by atoms with Crippen molar-refractivity contribution in [2.75, 3.05) is 5.32 Å². The minimum Gasteiger partial charge on any atom is -0.433 e. The zero-order chi connectivity index (χ0) is 17.3. The summed E-state index contributed by atoms with van der Waals surface area (Å²) in [6.07, 6.45) is 0. The van der Waals surface area contributed by atoms with E-state index in [4.69, 9.17) is 11.6 Å². The lowest BCUT2D eigenvalue weighted by atomic mass is 10.1. The van der Waals surface area contributed by atoms with E-state index in [0.717, 1.165) is 15.6 Å². The van der Waals surface area contributed by atoms with E-state index in [1.54, 1.807) is 12.1 Å². The third-order valence-electron chi connectivity index (χ3n) is 3.42. The van der Waals surface area contributed by atoms with Crippen LogP contribution >= 0.6 is 22.9 Å². The molecule has 1 aromatic heterocycles. The quantitative estimate of drug-likeness (QED) is 0.640. The van der Waals surface area contributed by atoms with Crippen LogP contribution in [0.2, 0.25) is 5.02 Å². The van der Waals surface area contributed by atoms with Crippen LogP contribution in [-0.4, -0.2) is 12.5 Å². The zero-order valence-corrected chi connectivity index (χ0v) is 14.0. The molecule has 0 saturated carbocycles. The monoisotopic (exact) mass is 367 g/mol. The van der Waals surface area contributed by atoms with Crippen molar-refractivity contribution in [1.29, 1.82) is 0 Å². The lowest BCUT2D eigenvalue weighted by Gasteiger charge is -2.11. The first-order valence-electron chi connectivity index (χ1n) is 7.00. The predicted molar refractivity (Wildman–Crippen MR) is 92.6 cm³/mol. The molecule has 124 valence electrons. The van der Waals surface area contributed by atoms with Crippen LogP contribution in [0.25, 0.3) is 10.1 Å². The van der Waals surface area contributed by atoms with E-state index in [9.17, 15) is 13.6 Å². The van der Waals surface area contributed by atoms with Crippen molar-refractivity contribution in [2.45, 2.75) is 13.5 Å². The van der Waals surface area contributed by atoms with Crippen LogP contribution in [0.5, 0.6) is 5.75 Å². The Bertz CT molecular complexity index is 911. The number of hydrogen-bond donors (Lipinski definition) is 1. The Morgan fingerprint density at radius 2 is 1.96 bits per heavy atom. The van der Waals surface area contributed by atoms with Crippen LogP contribution in [0.3, 0.4) is 0 Å². The van der Waals surface area contributed by atoms with E-state index in [1.165, 1.54) is 23.5 Å². The summed E-state index contributed by atoms with van der Waals surface area (Å²) in [5.41, 5.74) is 1.13. The standard InChI is InChI=1S/C17H12ClF2NO2S/c1-9-5-4-8-12-13(9)14(18)15(24-12)16(22)21-10-6-2-3-7-11(10)23-17(19)20/h2-8,17H,1H3,(H,21,22). The number of carbonyl (C=O) groups is 1. The largest absolute Gasteiger partial charge is 0.433 e. The number of carbonyl (C=O) groups excluding carboxylic acids is 1. The highest BCUT2D eigenvalue weighted by Gasteiger charge is 2.20. The summed E-state index contributed by atoms with van der Waals surface area (Å²) in [5.74, 6) is -0.569. The molecule has 0 bridgehead atoms. The van der Waals surface area contributed by atoms with Gasteiger partial charge in [0.15, 0.2) is 0 Å². The fraction of sp³-hybridized carbons (Fsp3) is 0.118. The van der Waals surface area contributed by atoms with E-state index in [2.05, 4.69) is 10.1 Å². The highest BCUT2D eigenvalue weighted by molar-refractivity contribution is 7.21. The fourth-order valence-electron chi connectivity index (χ4n) is 2.37. The average Bonchev–Trinajstić information content (AvgIpc) is 2.87. The van der Waals surface area contributed by atoms with Gasteiger partial charge in [0.05, 0.1) is 10.7 Å². The van der Waals surface area contributed by atoms with Gasteiger partial charge in [-0.25, -0.2) is 0 Å². The van der Waals surface area contributed by atoms with E-state index in [1.807, 2.05) is 25.1 Å². The highest BCUT2D eigenvalue weighted by atomic mass is 35.5. The average molecular weight is 368 g/mol. The molecule has 0 fully saturated rings. The van der Waals surface area contributed by atoms with Crippen LogP contribution in [0.4, 0.5) is 14.5 Å². The van der Waals surface area contributed by atoms with Gasteiger partial charge in [0.2, 0.25) is 0 Å². The summed E-state index contributed by atoms with van der Waals surface area (Å²) in [6, 6.07) is 11.7. The van der Waals surface area contributed by atoms with Gasteiger partial charge >= 0.3 is 6.61 Å². The van der Waals surface area contributed by atoms with Gasteiger partial charge < -0.3 is 10.1 Å². The minimum atomic E-state index is -2.97. The molecule has 2 aromatic carbocycles. The Labute approximate surface area is 145 Å². The van der Waals surface area contributed by atoms with Crippen molar-refractivity contribution in [3.8, 4) is 5.75 Å². The fourth-order valence-corrected chi connectivity index (χ4v) is 3.94. The van der Waals surface area contributed by atoms with Crippen LogP contribution < -0.4 is 10.1 Å². The molecule has 1 amide bonds. The smallest absolute Gasteiger partial charge is 0.387 e. The molecule has 7 heteroatoms. The van der Waals surface area contributed by atoms with Gasteiger partial charge in [0.25, 0.3) is 5.91 Å². The number of aryl methyl sites for hydroxylation is 1. The molecule has 0 radical (unpaired) electrons. The molecule has 0 aliphatic rings. The number of thiophene rings is 1. The second-order valence-electron chi connectivity index (χ2n) is 5.02. The van der Waals surface area contributed by atoms with Crippen LogP contribution in [0.15, 0.2) is 42.5 Å². The number of halogens is 3. The van der Waals surface area contributed by atoms with Crippen molar-refractivity contribution in [3.63, 3.8) is 0 Å². The van der Waals surface area contributed by atoms with Crippen molar-refractivity contribution >= 4 is 44.6 Å².